The summed E-state index contributed by atoms with van der Waals surface area (Å²) in [7, 11) is 0. The minimum atomic E-state index is -0.624. The van der Waals surface area contributed by atoms with Gasteiger partial charge in [0.1, 0.15) is 11.3 Å². The molecule has 0 atom stereocenters. The van der Waals surface area contributed by atoms with Gasteiger partial charge in [-0.3, -0.25) is 0 Å². The van der Waals surface area contributed by atoms with E-state index in [1.807, 2.05) is 0 Å². The molecule has 0 aliphatic rings. The third-order valence-electron chi connectivity index (χ3n) is 3.28. The van der Waals surface area contributed by atoms with Gasteiger partial charge in [0.25, 0.3) is 0 Å². The molecular weight excluding hydrogens is 339 g/mol. The maximum atomic E-state index is 12.2. The zero-order chi connectivity index (χ0) is 16.6. The van der Waals surface area contributed by atoms with Crippen LogP contribution in [0.15, 0.2) is 51.7 Å². The highest BCUT2D eigenvalue weighted by molar-refractivity contribution is 6.36. The number of esters is 1. The molecule has 0 saturated heterocycles. The fourth-order valence-electron chi connectivity index (χ4n) is 2.19. The molecule has 0 radical (unpaired) electrons. The van der Waals surface area contributed by atoms with Crippen molar-refractivity contribution in [3.8, 4) is 5.75 Å². The largest absolute Gasteiger partial charge is 0.423 e. The van der Waals surface area contributed by atoms with Crippen molar-refractivity contribution in [2.24, 2.45) is 0 Å². The average molecular weight is 349 g/mol. The van der Waals surface area contributed by atoms with E-state index in [4.69, 9.17) is 32.4 Å². The molecule has 0 aliphatic carbocycles. The first-order chi connectivity index (χ1) is 10.9. The minimum Gasteiger partial charge on any atom is -0.423 e. The Balaban J connectivity index is 1.95. The highest BCUT2D eigenvalue weighted by Gasteiger charge is 2.14. The van der Waals surface area contributed by atoms with Crippen molar-refractivity contribution in [3.05, 3.63) is 74.1 Å². The number of hydrogen-bond donors (Lipinski definition) is 0. The molecule has 4 nitrogen and oxygen atoms in total. The van der Waals surface area contributed by atoms with Crippen LogP contribution in [0.25, 0.3) is 11.0 Å². The number of carbonyl (C=O) groups excluding carboxylic acids is 1. The van der Waals surface area contributed by atoms with E-state index >= 15 is 0 Å². The summed E-state index contributed by atoms with van der Waals surface area (Å²) in [4.78, 5) is 23.6. The fraction of sp³-hybridized carbons (Fsp3) is 0.0588. The summed E-state index contributed by atoms with van der Waals surface area (Å²) in [5.74, 6) is -0.372. The van der Waals surface area contributed by atoms with Crippen molar-refractivity contribution in [1.29, 1.82) is 0 Å². The minimum absolute atomic E-state index is 0.196. The van der Waals surface area contributed by atoms with E-state index in [1.165, 1.54) is 24.3 Å². The van der Waals surface area contributed by atoms with Crippen molar-refractivity contribution in [1.82, 2.24) is 0 Å². The van der Waals surface area contributed by atoms with Crippen molar-refractivity contribution >= 4 is 40.1 Å². The third kappa shape index (κ3) is 3.23. The number of aryl methyl sites for hydroxylation is 1. The molecule has 116 valence electrons. The lowest BCUT2D eigenvalue weighted by Crippen LogP contribution is -2.09. The number of fused-ring (bicyclic) bond motifs is 1. The van der Waals surface area contributed by atoms with Gasteiger partial charge >= 0.3 is 11.6 Å². The van der Waals surface area contributed by atoms with Crippen LogP contribution in [0.1, 0.15) is 15.9 Å². The number of halogens is 2. The maximum absolute atomic E-state index is 12.2. The van der Waals surface area contributed by atoms with E-state index in [-0.39, 0.29) is 16.3 Å². The summed E-state index contributed by atoms with van der Waals surface area (Å²) in [6.45, 7) is 1.80. The fourth-order valence-corrected chi connectivity index (χ4v) is 2.67. The summed E-state index contributed by atoms with van der Waals surface area (Å²) in [5.41, 5.74) is 0.874. The number of rotatable bonds is 2. The third-order valence-corrected chi connectivity index (χ3v) is 3.83. The number of carbonyl (C=O) groups is 1. The second kappa shape index (κ2) is 6.07. The highest BCUT2D eigenvalue weighted by atomic mass is 35.5. The molecule has 0 spiro atoms. The molecule has 3 aromatic rings. The first kappa shape index (κ1) is 15.6. The quantitative estimate of drug-likeness (QED) is 0.385. The smallest absolute Gasteiger partial charge is 0.345 e. The van der Waals surface area contributed by atoms with Gasteiger partial charge in [0, 0.05) is 22.5 Å². The SMILES string of the molecule is Cc1cc(=O)oc2cc(OC(=O)c3ccc(Cl)cc3Cl)ccc12. The van der Waals surface area contributed by atoms with Crippen LogP contribution in [-0.2, 0) is 0 Å². The van der Waals surface area contributed by atoms with E-state index in [9.17, 15) is 9.59 Å². The first-order valence-electron chi connectivity index (χ1n) is 6.66. The molecule has 0 unspecified atom stereocenters. The molecule has 3 rings (SSSR count). The summed E-state index contributed by atoms with van der Waals surface area (Å²) in [6.07, 6.45) is 0. The molecule has 0 N–H and O–H groups in total. The Kier molecular flexibility index (Phi) is 4.11. The lowest BCUT2D eigenvalue weighted by Gasteiger charge is -2.07. The molecule has 6 heteroatoms. The van der Waals surface area contributed by atoms with Gasteiger partial charge in [0.15, 0.2) is 0 Å². The van der Waals surface area contributed by atoms with Gasteiger partial charge in [0.2, 0.25) is 0 Å². The van der Waals surface area contributed by atoms with Crippen LogP contribution in [-0.4, -0.2) is 5.97 Å². The van der Waals surface area contributed by atoms with Gasteiger partial charge in [-0.25, -0.2) is 9.59 Å². The van der Waals surface area contributed by atoms with Gasteiger partial charge in [-0.15, -0.1) is 0 Å². The Morgan fingerprint density at radius 3 is 2.61 bits per heavy atom. The summed E-state index contributed by atoms with van der Waals surface area (Å²) < 4.78 is 10.4. The molecule has 0 bridgehead atoms. The predicted octanol–water partition coefficient (Wildman–Crippen LogP) is 4.63. The van der Waals surface area contributed by atoms with Crippen LogP contribution in [0, 0.1) is 6.92 Å². The molecule has 0 aliphatic heterocycles. The van der Waals surface area contributed by atoms with E-state index in [2.05, 4.69) is 0 Å². The highest BCUT2D eigenvalue weighted by Crippen LogP contribution is 2.25. The van der Waals surface area contributed by atoms with Crippen molar-refractivity contribution in [2.45, 2.75) is 6.92 Å². The number of ether oxygens (including phenoxy) is 1. The Bertz CT molecular complexity index is 976. The van der Waals surface area contributed by atoms with Gasteiger partial charge < -0.3 is 9.15 Å². The molecule has 0 fully saturated rings. The normalized spacial score (nSPS) is 10.7. The number of hydrogen-bond acceptors (Lipinski definition) is 4. The Hall–Kier alpha value is -2.30. The van der Waals surface area contributed by atoms with Gasteiger partial charge in [-0.1, -0.05) is 23.2 Å². The Labute approximate surface area is 141 Å². The topological polar surface area (TPSA) is 56.5 Å². The summed E-state index contributed by atoms with van der Waals surface area (Å²) in [6, 6.07) is 10.7. The molecule has 23 heavy (non-hydrogen) atoms. The molecular formula is C17H10Cl2O4. The lowest BCUT2D eigenvalue weighted by atomic mass is 10.1. The van der Waals surface area contributed by atoms with Crippen LogP contribution < -0.4 is 10.4 Å². The van der Waals surface area contributed by atoms with E-state index < -0.39 is 11.6 Å². The van der Waals surface area contributed by atoms with E-state index in [0.717, 1.165) is 10.9 Å². The molecule has 0 amide bonds. The van der Waals surface area contributed by atoms with Crippen LogP contribution >= 0.6 is 23.2 Å². The second-order valence-electron chi connectivity index (χ2n) is 4.92. The predicted molar refractivity (Wildman–Crippen MR) is 88.6 cm³/mol. The van der Waals surface area contributed by atoms with Crippen molar-refractivity contribution in [2.75, 3.05) is 0 Å². The molecule has 0 saturated carbocycles. The first-order valence-corrected chi connectivity index (χ1v) is 7.41. The lowest BCUT2D eigenvalue weighted by molar-refractivity contribution is 0.0735. The van der Waals surface area contributed by atoms with Crippen molar-refractivity contribution in [3.63, 3.8) is 0 Å². The van der Waals surface area contributed by atoms with Crippen LogP contribution in [0.5, 0.6) is 5.75 Å². The van der Waals surface area contributed by atoms with E-state index in [0.29, 0.717) is 10.6 Å². The van der Waals surface area contributed by atoms with Crippen LogP contribution in [0.2, 0.25) is 10.0 Å². The zero-order valence-corrected chi connectivity index (χ0v) is 13.4. The number of benzene rings is 2. The van der Waals surface area contributed by atoms with Crippen LogP contribution in [0.3, 0.4) is 0 Å². The standard InChI is InChI=1S/C17H10Cl2O4/c1-9-6-16(20)23-15-8-11(3-5-12(9)15)22-17(21)13-4-2-10(18)7-14(13)19/h2-8H,1H3. The second-order valence-corrected chi connectivity index (χ2v) is 5.76. The maximum Gasteiger partial charge on any atom is 0.345 e. The average Bonchev–Trinajstić information content (AvgIpc) is 2.46. The zero-order valence-electron chi connectivity index (χ0n) is 11.9. The molecule has 1 aromatic heterocycles. The van der Waals surface area contributed by atoms with Gasteiger partial charge in [-0.05, 0) is 42.8 Å². The van der Waals surface area contributed by atoms with Crippen molar-refractivity contribution < 1.29 is 13.9 Å². The summed E-state index contributed by atoms with van der Waals surface area (Å²) >= 11 is 11.8. The summed E-state index contributed by atoms with van der Waals surface area (Å²) in [5, 5.41) is 1.40. The molecule has 1 heterocycles. The Morgan fingerprint density at radius 2 is 1.87 bits per heavy atom. The van der Waals surface area contributed by atoms with Gasteiger partial charge in [0.05, 0.1) is 10.6 Å². The molecule has 2 aromatic carbocycles. The monoisotopic (exact) mass is 348 g/mol. The van der Waals surface area contributed by atoms with E-state index in [1.54, 1.807) is 25.1 Å². The Morgan fingerprint density at radius 1 is 1.09 bits per heavy atom. The van der Waals surface area contributed by atoms with Crippen LogP contribution in [0.4, 0.5) is 0 Å². The van der Waals surface area contributed by atoms with Gasteiger partial charge in [-0.2, -0.15) is 0 Å².